The molecule has 1 atom stereocenters. The molecular formula is C12H22O5. The summed E-state index contributed by atoms with van der Waals surface area (Å²) in [6.07, 6.45) is -0.832. The number of ether oxygens (including phenoxy) is 2. The fourth-order valence-corrected chi connectivity index (χ4v) is 1.76. The number of aliphatic hydroxyl groups excluding tert-OH is 1. The van der Waals surface area contributed by atoms with Crippen LogP contribution in [0.15, 0.2) is 0 Å². The molecule has 1 N–H and O–H groups in total. The van der Waals surface area contributed by atoms with Gasteiger partial charge in [-0.25, -0.2) is 4.79 Å². The molecule has 0 spiro atoms. The Hall–Kier alpha value is -1.10. The van der Waals surface area contributed by atoms with E-state index < -0.39 is 23.5 Å². The minimum atomic E-state index is -1.48. The maximum atomic E-state index is 11.9. The van der Waals surface area contributed by atoms with Crippen LogP contribution < -0.4 is 0 Å². The van der Waals surface area contributed by atoms with Crippen molar-refractivity contribution in [2.45, 2.75) is 46.6 Å². The second kappa shape index (κ2) is 7.27. The van der Waals surface area contributed by atoms with Gasteiger partial charge in [-0.1, -0.05) is 13.8 Å². The molecule has 0 heterocycles. The summed E-state index contributed by atoms with van der Waals surface area (Å²) in [5, 5.41) is 9.98. The van der Waals surface area contributed by atoms with Crippen molar-refractivity contribution in [3.63, 3.8) is 0 Å². The zero-order valence-corrected chi connectivity index (χ0v) is 11.0. The van der Waals surface area contributed by atoms with E-state index in [0.717, 1.165) is 0 Å². The van der Waals surface area contributed by atoms with Gasteiger partial charge < -0.3 is 14.6 Å². The fourth-order valence-electron chi connectivity index (χ4n) is 1.76. The summed E-state index contributed by atoms with van der Waals surface area (Å²) in [4.78, 5) is 23.4. The number of carbonyl (C=O) groups is 2. The summed E-state index contributed by atoms with van der Waals surface area (Å²) in [5.74, 6) is -1.32. The van der Waals surface area contributed by atoms with Crippen LogP contribution in [0.5, 0.6) is 0 Å². The number of aliphatic hydroxyl groups is 1. The van der Waals surface area contributed by atoms with Crippen molar-refractivity contribution in [1.82, 2.24) is 0 Å². The average molecular weight is 246 g/mol. The predicted octanol–water partition coefficient (Wildman–Crippen LogP) is 1.28. The summed E-state index contributed by atoms with van der Waals surface area (Å²) in [7, 11) is 0. The molecule has 0 saturated carbocycles. The zero-order valence-electron chi connectivity index (χ0n) is 11.0. The molecule has 5 nitrogen and oxygen atoms in total. The van der Waals surface area contributed by atoms with Gasteiger partial charge in [0.15, 0.2) is 6.10 Å². The Morgan fingerprint density at radius 2 is 1.53 bits per heavy atom. The smallest absolute Gasteiger partial charge is 0.336 e. The van der Waals surface area contributed by atoms with Gasteiger partial charge in [-0.15, -0.1) is 0 Å². The second-order valence-electron chi connectivity index (χ2n) is 3.74. The van der Waals surface area contributed by atoms with E-state index >= 15 is 0 Å². The molecule has 0 fully saturated rings. The largest absolute Gasteiger partial charge is 0.465 e. The summed E-state index contributed by atoms with van der Waals surface area (Å²) < 4.78 is 9.68. The van der Waals surface area contributed by atoms with E-state index in [1.807, 2.05) is 0 Å². The number of hydrogen-bond acceptors (Lipinski definition) is 5. The lowest BCUT2D eigenvalue weighted by Crippen LogP contribution is -2.47. The maximum Gasteiger partial charge on any atom is 0.336 e. The maximum absolute atomic E-state index is 11.9. The van der Waals surface area contributed by atoms with Crippen LogP contribution >= 0.6 is 0 Å². The van der Waals surface area contributed by atoms with Gasteiger partial charge in [0.2, 0.25) is 0 Å². The van der Waals surface area contributed by atoms with E-state index in [1.54, 1.807) is 27.7 Å². The summed E-state index contributed by atoms with van der Waals surface area (Å²) in [6.45, 7) is 7.20. The molecular weight excluding hydrogens is 224 g/mol. The monoisotopic (exact) mass is 246 g/mol. The van der Waals surface area contributed by atoms with Crippen molar-refractivity contribution in [3.8, 4) is 0 Å². The molecule has 0 amide bonds. The van der Waals surface area contributed by atoms with Gasteiger partial charge >= 0.3 is 11.9 Å². The SMILES string of the molecule is CCOC(=O)C(O)C(CC)(CC)C(=O)OCC. The number of esters is 2. The van der Waals surface area contributed by atoms with Crippen LogP contribution in [0.1, 0.15) is 40.5 Å². The molecule has 1 unspecified atom stereocenters. The van der Waals surface area contributed by atoms with Gasteiger partial charge in [-0.3, -0.25) is 4.79 Å². The molecule has 0 saturated heterocycles. The third-order valence-electron chi connectivity index (χ3n) is 2.98. The van der Waals surface area contributed by atoms with E-state index in [9.17, 15) is 14.7 Å². The van der Waals surface area contributed by atoms with Crippen LogP contribution in [-0.4, -0.2) is 36.4 Å². The van der Waals surface area contributed by atoms with Crippen molar-refractivity contribution in [3.05, 3.63) is 0 Å². The molecule has 5 heteroatoms. The number of rotatable bonds is 7. The van der Waals surface area contributed by atoms with Crippen molar-refractivity contribution >= 4 is 11.9 Å². The summed E-state index contributed by atoms with van der Waals surface area (Å²) in [5.41, 5.74) is -1.21. The Balaban J connectivity index is 5.04. The highest BCUT2D eigenvalue weighted by molar-refractivity contribution is 5.86. The van der Waals surface area contributed by atoms with Crippen molar-refractivity contribution in [1.29, 1.82) is 0 Å². The van der Waals surface area contributed by atoms with Gasteiger partial charge in [0.25, 0.3) is 0 Å². The highest BCUT2D eigenvalue weighted by Crippen LogP contribution is 2.33. The number of hydrogen-bond donors (Lipinski definition) is 1. The molecule has 0 bridgehead atoms. The van der Waals surface area contributed by atoms with Crippen LogP contribution in [0, 0.1) is 5.41 Å². The van der Waals surface area contributed by atoms with E-state index in [4.69, 9.17) is 9.47 Å². The Morgan fingerprint density at radius 1 is 1.06 bits per heavy atom. The van der Waals surface area contributed by atoms with Crippen LogP contribution in [0.3, 0.4) is 0 Å². The Kier molecular flexibility index (Phi) is 6.80. The second-order valence-corrected chi connectivity index (χ2v) is 3.74. The quantitative estimate of drug-likeness (QED) is 0.685. The van der Waals surface area contributed by atoms with Gasteiger partial charge in [0, 0.05) is 0 Å². The molecule has 0 aromatic carbocycles. The Morgan fingerprint density at radius 3 is 1.88 bits per heavy atom. The van der Waals surface area contributed by atoms with E-state index in [2.05, 4.69) is 0 Å². The first-order chi connectivity index (χ1) is 7.99. The van der Waals surface area contributed by atoms with E-state index in [-0.39, 0.29) is 13.2 Å². The lowest BCUT2D eigenvalue weighted by Gasteiger charge is -2.32. The molecule has 17 heavy (non-hydrogen) atoms. The summed E-state index contributed by atoms with van der Waals surface area (Å²) in [6, 6.07) is 0. The van der Waals surface area contributed by atoms with Crippen LogP contribution in [0.2, 0.25) is 0 Å². The first-order valence-corrected chi connectivity index (χ1v) is 6.01. The van der Waals surface area contributed by atoms with E-state index in [0.29, 0.717) is 12.8 Å². The molecule has 100 valence electrons. The first-order valence-electron chi connectivity index (χ1n) is 6.01. The Labute approximate surface area is 102 Å². The number of carbonyl (C=O) groups excluding carboxylic acids is 2. The van der Waals surface area contributed by atoms with Crippen molar-refractivity contribution < 1.29 is 24.2 Å². The van der Waals surface area contributed by atoms with Crippen LogP contribution in [0.4, 0.5) is 0 Å². The minimum absolute atomic E-state index is 0.169. The fraction of sp³-hybridized carbons (Fsp3) is 0.833. The van der Waals surface area contributed by atoms with E-state index in [1.165, 1.54) is 0 Å². The van der Waals surface area contributed by atoms with Crippen molar-refractivity contribution in [2.24, 2.45) is 5.41 Å². The normalized spacial score (nSPS) is 13.0. The van der Waals surface area contributed by atoms with Crippen molar-refractivity contribution in [2.75, 3.05) is 13.2 Å². The lowest BCUT2D eigenvalue weighted by atomic mass is 9.77. The average Bonchev–Trinajstić information content (AvgIpc) is 2.31. The molecule has 0 radical (unpaired) electrons. The standard InChI is InChI=1S/C12H22O5/c1-5-12(6-2,11(15)17-8-4)9(13)10(14)16-7-3/h9,13H,5-8H2,1-4H3. The third-order valence-corrected chi connectivity index (χ3v) is 2.98. The zero-order chi connectivity index (χ0) is 13.5. The predicted molar refractivity (Wildman–Crippen MR) is 62.3 cm³/mol. The van der Waals surface area contributed by atoms with Crippen LogP contribution in [0.25, 0.3) is 0 Å². The van der Waals surface area contributed by atoms with Gasteiger partial charge in [-0.05, 0) is 26.7 Å². The van der Waals surface area contributed by atoms with Crippen LogP contribution in [-0.2, 0) is 19.1 Å². The van der Waals surface area contributed by atoms with Gasteiger partial charge in [-0.2, -0.15) is 0 Å². The topological polar surface area (TPSA) is 72.8 Å². The molecule has 0 aromatic heterocycles. The molecule has 0 aliphatic heterocycles. The molecule has 0 rings (SSSR count). The summed E-state index contributed by atoms with van der Waals surface area (Å²) >= 11 is 0. The Bertz CT molecular complexity index is 258. The van der Waals surface area contributed by atoms with Gasteiger partial charge in [0.1, 0.15) is 5.41 Å². The highest BCUT2D eigenvalue weighted by Gasteiger charge is 2.47. The molecule has 0 aliphatic rings. The molecule has 0 aromatic rings. The third kappa shape index (κ3) is 3.43. The first kappa shape index (κ1) is 15.9. The lowest BCUT2D eigenvalue weighted by molar-refractivity contribution is -0.177. The minimum Gasteiger partial charge on any atom is -0.465 e. The van der Waals surface area contributed by atoms with Gasteiger partial charge in [0.05, 0.1) is 13.2 Å². The highest BCUT2D eigenvalue weighted by atomic mass is 16.6. The molecule has 0 aliphatic carbocycles.